The summed E-state index contributed by atoms with van der Waals surface area (Å²) in [7, 11) is -3.70. The average molecular weight is 370 g/mol. The summed E-state index contributed by atoms with van der Waals surface area (Å²) in [5.41, 5.74) is 0.343. The minimum Gasteiger partial charge on any atom is -0.392 e. The molecule has 0 aromatic heterocycles. The Bertz CT molecular complexity index is 602. The van der Waals surface area contributed by atoms with E-state index in [1.54, 1.807) is 0 Å². The van der Waals surface area contributed by atoms with Crippen molar-refractivity contribution >= 4 is 45.0 Å². The van der Waals surface area contributed by atoms with Crippen LogP contribution in [0.1, 0.15) is 18.4 Å². The number of sulfonamides is 1. The molecule has 21 heavy (non-hydrogen) atoms. The largest absolute Gasteiger partial charge is 0.392 e. The van der Waals surface area contributed by atoms with Crippen molar-refractivity contribution in [2.24, 2.45) is 5.92 Å². The number of rotatable bonds is 5. The van der Waals surface area contributed by atoms with Crippen LogP contribution in [-0.4, -0.2) is 31.6 Å². The van der Waals surface area contributed by atoms with Crippen LogP contribution in [0, 0.1) is 5.92 Å². The van der Waals surface area contributed by atoms with Gasteiger partial charge in [-0.1, -0.05) is 23.2 Å². The van der Waals surface area contributed by atoms with Crippen molar-refractivity contribution in [1.29, 1.82) is 0 Å². The van der Waals surface area contributed by atoms with Gasteiger partial charge in [0.05, 0.1) is 11.6 Å². The summed E-state index contributed by atoms with van der Waals surface area (Å²) in [5, 5.41) is 9.50. The van der Waals surface area contributed by atoms with Crippen LogP contribution < -0.4 is 4.72 Å². The topological polar surface area (TPSA) is 66.4 Å². The van der Waals surface area contributed by atoms with Crippen LogP contribution in [0.4, 0.5) is 0 Å². The standard InChI is InChI=1S/C13H17Cl2NO3S2/c14-11-6-12(15)13(5-10(11)8-17)21(18,19)16-7-9-1-3-20-4-2-9/h5-6,9,16-17H,1-4,7-8H2. The maximum Gasteiger partial charge on any atom is 0.242 e. The summed E-state index contributed by atoms with van der Waals surface area (Å²) in [5.74, 6) is 2.51. The normalized spacial score (nSPS) is 17.1. The summed E-state index contributed by atoms with van der Waals surface area (Å²) < 4.78 is 27.3. The fourth-order valence-electron chi connectivity index (χ4n) is 2.15. The van der Waals surface area contributed by atoms with Crippen LogP contribution in [0.2, 0.25) is 10.0 Å². The molecule has 1 aliphatic rings. The lowest BCUT2D eigenvalue weighted by atomic mass is 10.0. The van der Waals surface area contributed by atoms with Gasteiger partial charge in [-0.2, -0.15) is 11.8 Å². The molecule has 1 fully saturated rings. The first-order valence-corrected chi connectivity index (χ1v) is 9.99. The summed E-state index contributed by atoms with van der Waals surface area (Å²) in [6, 6.07) is 2.67. The van der Waals surface area contributed by atoms with E-state index in [1.807, 2.05) is 11.8 Å². The first kappa shape index (κ1) is 17.4. The van der Waals surface area contributed by atoms with Crippen LogP contribution in [0.3, 0.4) is 0 Å². The summed E-state index contributed by atoms with van der Waals surface area (Å²) >= 11 is 13.8. The molecule has 0 atom stereocenters. The molecule has 1 aromatic rings. The second-order valence-corrected chi connectivity index (χ2v) is 8.71. The molecule has 0 radical (unpaired) electrons. The number of hydrogen-bond acceptors (Lipinski definition) is 4. The highest BCUT2D eigenvalue weighted by atomic mass is 35.5. The quantitative estimate of drug-likeness (QED) is 0.837. The van der Waals surface area contributed by atoms with Crippen molar-refractivity contribution in [3.05, 3.63) is 27.7 Å². The monoisotopic (exact) mass is 369 g/mol. The van der Waals surface area contributed by atoms with Gasteiger partial charge in [-0.15, -0.1) is 0 Å². The van der Waals surface area contributed by atoms with Crippen LogP contribution in [0.15, 0.2) is 17.0 Å². The summed E-state index contributed by atoms with van der Waals surface area (Å²) in [6.45, 7) is 0.0781. The molecule has 0 spiro atoms. The van der Waals surface area contributed by atoms with E-state index in [-0.39, 0.29) is 21.5 Å². The number of aliphatic hydroxyl groups excluding tert-OH is 1. The van der Waals surface area contributed by atoms with Crippen molar-refractivity contribution in [3.63, 3.8) is 0 Å². The Labute approximate surface area is 139 Å². The Hall–Kier alpha value is 0.0200. The number of thioether (sulfide) groups is 1. The molecular formula is C13H17Cl2NO3S2. The average Bonchev–Trinajstić information content (AvgIpc) is 2.46. The van der Waals surface area contributed by atoms with Gasteiger partial charge in [0.1, 0.15) is 4.90 Å². The molecule has 1 saturated heterocycles. The highest BCUT2D eigenvalue weighted by Gasteiger charge is 2.22. The van der Waals surface area contributed by atoms with Crippen molar-refractivity contribution < 1.29 is 13.5 Å². The molecule has 1 aliphatic heterocycles. The van der Waals surface area contributed by atoms with Crippen LogP contribution in [-0.2, 0) is 16.6 Å². The van der Waals surface area contributed by atoms with Gasteiger partial charge in [-0.25, -0.2) is 13.1 Å². The minimum atomic E-state index is -3.70. The molecule has 0 unspecified atom stereocenters. The maximum atomic E-state index is 12.3. The second kappa shape index (κ2) is 7.53. The first-order valence-electron chi connectivity index (χ1n) is 6.60. The van der Waals surface area contributed by atoms with Gasteiger partial charge in [0.2, 0.25) is 10.0 Å². The Morgan fingerprint density at radius 2 is 1.90 bits per heavy atom. The molecule has 8 heteroatoms. The predicted molar refractivity (Wildman–Crippen MR) is 87.6 cm³/mol. The molecule has 1 aromatic carbocycles. The fraction of sp³-hybridized carbons (Fsp3) is 0.538. The van der Waals surface area contributed by atoms with E-state index >= 15 is 0 Å². The van der Waals surface area contributed by atoms with E-state index < -0.39 is 10.0 Å². The van der Waals surface area contributed by atoms with Gasteiger partial charge in [-0.3, -0.25) is 0 Å². The number of halogens is 2. The van der Waals surface area contributed by atoms with Crippen molar-refractivity contribution in [3.8, 4) is 0 Å². The Balaban J connectivity index is 2.15. The highest BCUT2D eigenvalue weighted by Crippen LogP contribution is 2.29. The lowest BCUT2D eigenvalue weighted by molar-refractivity contribution is 0.281. The van der Waals surface area contributed by atoms with Gasteiger partial charge < -0.3 is 5.11 Å². The van der Waals surface area contributed by atoms with E-state index in [0.29, 0.717) is 18.0 Å². The SMILES string of the molecule is O=S(=O)(NCC1CCSCC1)c1cc(CO)c(Cl)cc1Cl. The Morgan fingerprint density at radius 1 is 1.24 bits per heavy atom. The molecule has 0 amide bonds. The number of hydrogen-bond donors (Lipinski definition) is 2. The van der Waals surface area contributed by atoms with Crippen LogP contribution in [0.5, 0.6) is 0 Å². The lowest BCUT2D eigenvalue weighted by Crippen LogP contribution is -2.31. The third kappa shape index (κ3) is 4.50. The van der Waals surface area contributed by atoms with E-state index in [9.17, 15) is 13.5 Å². The predicted octanol–water partition coefficient (Wildman–Crippen LogP) is 2.91. The summed E-state index contributed by atoms with van der Waals surface area (Å²) in [6.07, 6.45) is 2.03. The van der Waals surface area contributed by atoms with E-state index in [2.05, 4.69) is 4.72 Å². The molecule has 0 aliphatic carbocycles. The van der Waals surface area contributed by atoms with E-state index in [0.717, 1.165) is 24.3 Å². The van der Waals surface area contributed by atoms with Gasteiger partial charge in [-0.05, 0) is 48.0 Å². The van der Waals surface area contributed by atoms with Crippen molar-refractivity contribution in [2.45, 2.75) is 24.3 Å². The number of nitrogens with one attached hydrogen (secondary N) is 1. The van der Waals surface area contributed by atoms with Crippen LogP contribution in [0.25, 0.3) is 0 Å². The van der Waals surface area contributed by atoms with Crippen molar-refractivity contribution in [1.82, 2.24) is 4.72 Å². The molecule has 2 N–H and O–H groups in total. The molecule has 118 valence electrons. The number of benzene rings is 1. The summed E-state index contributed by atoms with van der Waals surface area (Å²) in [4.78, 5) is -0.0391. The van der Waals surface area contributed by atoms with E-state index in [1.165, 1.54) is 12.1 Å². The Kier molecular flexibility index (Phi) is 6.23. The number of aliphatic hydroxyl groups is 1. The zero-order valence-corrected chi connectivity index (χ0v) is 14.5. The molecule has 0 bridgehead atoms. The van der Waals surface area contributed by atoms with Gasteiger partial charge >= 0.3 is 0 Å². The Morgan fingerprint density at radius 3 is 2.52 bits per heavy atom. The molecule has 2 rings (SSSR count). The zero-order valence-electron chi connectivity index (χ0n) is 11.3. The molecule has 0 saturated carbocycles. The van der Waals surface area contributed by atoms with Gasteiger partial charge in [0, 0.05) is 11.6 Å². The lowest BCUT2D eigenvalue weighted by Gasteiger charge is -2.21. The van der Waals surface area contributed by atoms with Gasteiger partial charge in [0.25, 0.3) is 0 Å². The highest BCUT2D eigenvalue weighted by molar-refractivity contribution is 7.99. The van der Waals surface area contributed by atoms with Crippen LogP contribution >= 0.6 is 35.0 Å². The molecule has 1 heterocycles. The van der Waals surface area contributed by atoms with Gasteiger partial charge in [0.15, 0.2) is 0 Å². The smallest absolute Gasteiger partial charge is 0.242 e. The maximum absolute atomic E-state index is 12.3. The van der Waals surface area contributed by atoms with E-state index in [4.69, 9.17) is 23.2 Å². The van der Waals surface area contributed by atoms with Crippen molar-refractivity contribution in [2.75, 3.05) is 18.1 Å². The second-order valence-electron chi connectivity index (χ2n) is 4.94. The zero-order chi connectivity index (χ0) is 15.5. The molecular weight excluding hydrogens is 353 g/mol. The fourth-order valence-corrected chi connectivity index (χ4v) is 5.33. The minimum absolute atomic E-state index is 0.0391. The third-order valence-corrected chi connectivity index (χ3v) is 6.75. The first-order chi connectivity index (χ1) is 9.94. The third-order valence-electron chi connectivity index (χ3n) is 3.46. The molecule has 4 nitrogen and oxygen atoms in total.